The molecule has 2 rings (SSSR count). The van der Waals surface area contributed by atoms with E-state index in [9.17, 15) is 19.8 Å². The van der Waals surface area contributed by atoms with Crippen molar-refractivity contribution in [2.75, 3.05) is 0 Å². The zero-order chi connectivity index (χ0) is 24.8. The summed E-state index contributed by atoms with van der Waals surface area (Å²) in [5.41, 5.74) is 1.49. The Hall–Kier alpha value is -2.70. The number of hydrogen-bond donors (Lipinski definition) is 4. The van der Waals surface area contributed by atoms with E-state index < -0.39 is 23.3 Å². The summed E-state index contributed by atoms with van der Waals surface area (Å²) in [6, 6.07) is 7.07. The van der Waals surface area contributed by atoms with Crippen molar-refractivity contribution >= 4 is 11.8 Å². The van der Waals surface area contributed by atoms with Gasteiger partial charge in [0, 0.05) is 35.1 Å². The quantitative estimate of drug-likeness (QED) is 0.506. The predicted octanol–water partition coefficient (Wildman–Crippen LogP) is 3.60. The Morgan fingerprint density at radius 3 is 2.03 bits per heavy atom. The Morgan fingerprint density at radius 1 is 0.848 bits per heavy atom. The summed E-state index contributed by atoms with van der Waals surface area (Å²) in [6.45, 7) is 11.4. The number of hydrogen-bond acceptors (Lipinski definition) is 4. The normalized spacial score (nSPS) is 16.2. The summed E-state index contributed by atoms with van der Waals surface area (Å²) in [4.78, 5) is 25.5. The van der Waals surface area contributed by atoms with Gasteiger partial charge in [-0.3, -0.25) is 9.59 Å². The van der Waals surface area contributed by atoms with Crippen LogP contribution in [0.5, 0.6) is 0 Å². The summed E-state index contributed by atoms with van der Waals surface area (Å²) in [5, 5.41) is 27.5. The van der Waals surface area contributed by atoms with Gasteiger partial charge in [-0.15, -0.1) is 0 Å². The molecule has 6 heteroatoms. The van der Waals surface area contributed by atoms with Gasteiger partial charge in [-0.2, -0.15) is 0 Å². The smallest absolute Gasteiger partial charge is 0.251 e. The van der Waals surface area contributed by atoms with E-state index in [0.717, 1.165) is 0 Å². The van der Waals surface area contributed by atoms with Crippen molar-refractivity contribution < 1.29 is 19.8 Å². The van der Waals surface area contributed by atoms with E-state index in [-0.39, 0.29) is 24.7 Å². The van der Waals surface area contributed by atoms with E-state index in [1.807, 2.05) is 59.8 Å². The number of rotatable bonds is 7. The van der Waals surface area contributed by atoms with E-state index in [0.29, 0.717) is 28.7 Å². The van der Waals surface area contributed by atoms with Crippen LogP contribution in [0.3, 0.4) is 0 Å². The van der Waals surface area contributed by atoms with Crippen LogP contribution in [0, 0.1) is 0 Å². The first-order valence-electron chi connectivity index (χ1n) is 11.4. The molecule has 1 aliphatic rings. The molecular weight excluding hydrogens is 416 g/mol. The van der Waals surface area contributed by atoms with Crippen LogP contribution >= 0.6 is 0 Å². The van der Waals surface area contributed by atoms with Gasteiger partial charge in [-0.05, 0) is 65.2 Å². The van der Waals surface area contributed by atoms with Crippen molar-refractivity contribution in [3.8, 4) is 0 Å². The minimum atomic E-state index is -1.10. The largest absolute Gasteiger partial charge is 0.390 e. The third-order valence-corrected chi connectivity index (χ3v) is 5.01. The topological polar surface area (TPSA) is 98.7 Å². The maximum Gasteiger partial charge on any atom is 0.251 e. The standard InChI is InChI=1S/C27H38N2O4/c1-26(2,3)28-24(32)20-14-9-7-8-12-18(20)16-22(30)23(31)17-19-13-10-11-15-21(19)25(33)29-27(4,5)6/h8-15,22-23,30-31H,7,16-17H2,1-6H3,(H,28,32)(H,29,33). The van der Waals surface area contributed by atoms with Crippen LogP contribution in [0.1, 0.15) is 70.3 Å². The van der Waals surface area contributed by atoms with Crippen LogP contribution in [0.2, 0.25) is 0 Å². The third kappa shape index (κ3) is 8.63. The molecule has 0 aliphatic heterocycles. The Morgan fingerprint density at radius 2 is 1.39 bits per heavy atom. The Balaban J connectivity index is 2.20. The van der Waals surface area contributed by atoms with Crippen LogP contribution in [0.15, 0.2) is 59.7 Å². The lowest BCUT2D eigenvalue weighted by atomic mass is 9.93. The van der Waals surface area contributed by atoms with Crippen molar-refractivity contribution in [1.29, 1.82) is 0 Å². The van der Waals surface area contributed by atoms with Crippen molar-refractivity contribution in [3.63, 3.8) is 0 Å². The number of nitrogens with one attached hydrogen (secondary N) is 2. The summed E-state index contributed by atoms with van der Waals surface area (Å²) in [5.74, 6) is -0.438. The molecule has 2 atom stereocenters. The van der Waals surface area contributed by atoms with Crippen molar-refractivity contribution in [2.24, 2.45) is 0 Å². The lowest BCUT2D eigenvalue weighted by molar-refractivity contribution is -0.118. The highest BCUT2D eigenvalue weighted by Crippen LogP contribution is 2.22. The van der Waals surface area contributed by atoms with Crippen LogP contribution in [0.4, 0.5) is 0 Å². The van der Waals surface area contributed by atoms with E-state index in [1.54, 1.807) is 30.3 Å². The maximum absolute atomic E-state index is 12.8. The second-order valence-corrected chi connectivity index (χ2v) is 10.6. The average molecular weight is 455 g/mol. The molecule has 0 fully saturated rings. The van der Waals surface area contributed by atoms with Gasteiger partial charge in [0.2, 0.25) is 0 Å². The highest BCUT2D eigenvalue weighted by molar-refractivity contribution is 5.98. The summed E-state index contributed by atoms with van der Waals surface area (Å²) in [6.07, 6.45) is 6.13. The van der Waals surface area contributed by atoms with E-state index in [1.165, 1.54) is 0 Å². The van der Waals surface area contributed by atoms with Gasteiger partial charge in [0.05, 0.1) is 12.2 Å². The minimum Gasteiger partial charge on any atom is -0.390 e. The van der Waals surface area contributed by atoms with Gasteiger partial charge in [-0.25, -0.2) is 0 Å². The third-order valence-electron chi connectivity index (χ3n) is 5.01. The Labute approximate surface area is 197 Å². The van der Waals surface area contributed by atoms with Crippen molar-refractivity contribution in [2.45, 2.75) is 84.1 Å². The van der Waals surface area contributed by atoms with Gasteiger partial charge in [0.1, 0.15) is 0 Å². The summed E-state index contributed by atoms with van der Waals surface area (Å²) in [7, 11) is 0. The molecule has 0 saturated heterocycles. The first kappa shape index (κ1) is 26.6. The fourth-order valence-corrected chi connectivity index (χ4v) is 3.53. The van der Waals surface area contributed by atoms with Crippen LogP contribution in [-0.4, -0.2) is 45.3 Å². The lowest BCUT2D eigenvalue weighted by Gasteiger charge is -2.24. The lowest BCUT2D eigenvalue weighted by Crippen LogP contribution is -2.41. The van der Waals surface area contributed by atoms with Crippen LogP contribution in [-0.2, 0) is 11.2 Å². The molecular formula is C27H38N2O4. The van der Waals surface area contributed by atoms with Gasteiger partial charge in [0.15, 0.2) is 0 Å². The molecule has 0 bridgehead atoms. The van der Waals surface area contributed by atoms with Gasteiger partial charge >= 0.3 is 0 Å². The first-order valence-corrected chi connectivity index (χ1v) is 11.4. The highest BCUT2D eigenvalue weighted by Gasteiger charge is 2.25. The number of aliphatic hydroxyl groups is 2. The molecule has 1 aliphatic carbocycles. The molecule has 1 aromatic carbocycles. The molecule has 2 unspecified atom stereocenters. The Bertz CT molecular complexity index is 946. The van der Waals surface area contributed by atoms with Crippen molar-refractivity contribution in [1.82, 2.24) is 10.6 Å². The highest BCUT2D eigenvalue weighted by atomic mass is 16.3. The fraction of sp³-hybridized carbons (Fsp3) is 0.481. The fourth-order valence-electron chi connectivity index (χ4n) is 3.53. The molecule has 0 heterocycles. The predicted molar refractivity (Wildman–Crippen MR) is 132 cm³/mol. The number of carbonyl (C=O) groups is 2. The number of benzene rings is 1. The monoisotopic (exact) mass is 454 g/mol. The SMILES string of the molecule is CC(C)(C)NC(=O)C1=C(CC(O)C(O)Cc2ccccc2C(=O)NC(C)(C)C)C=CCC=C1. The molecule has 2 amide bonds. The first-order chi connectivity index (χ1) is 15.3. The summed E-state index contributed by atoms with van der Waals surface area (Å²) >= 11 is 0. The van der Waals surface area contributed by atoms with Crippen molar-refractivity contribution in [3.05, 3.63) is 70.8 Å². The maximum atomic E-state index is 12.8. The van der Waals surface area contributed by atoms with Crippen LogP contribution < -0.4 is 10.6 Å². The number of carbonyl (C=O) groups excluding carboxylic acids is 2. The number of allylic oxidation sites excluding steroid dienone is 3. The molecule has 4 N–H and O–H groups in total. The zero-order valence-corrected chi connectivity index (χ0v) is 20.6. The van der Waals surface area contributed by atoms with E-state index in [4.69, 9.17) is 0 Å². The molecule has 0 aromatic heterocycles. The molecule has 0 saturated carbocycles. The van der Waals surface area contributed by atoms with Gasteiger partial charge < -0.3 is 20.8 Å². The van der Waals surface area contributed by atoms with Gasteiger partial charge in [-0.1, -0.05) is 42.5 Å². The van der Waals surface area contributed by atoms with E-state index in [2.05, 4.69) is 10.6 Å². The average Bonchev–Trinajstić information content (AvgIpc) is 2.91. The number of amides is 2. The minimum absolute atomic E-state index is 0.116. The second-order valence-electron chi connectivity index (χ2n) is 10.6. The Kier molecular flexibility index (Phi) is 8.81. The van der Waals surface area contributed by atoms with Gasteiger partial charge in [0.25, 0.3) is 11.8 Å². The zero-order valence-electron chi connectivity index (χ0n) is 20.6. The molecule has 33 heavy (non-hydrogen) atoms. The molecule has 0 spiro atoms. The van der Waals surface area contributed by atoms with Crippen LogP contribution in [0.25, 0.3) is 0 Å². The number of aliphatic hydroxyl groups excluding tert-OH is 2. The second kappa shape index (κ2) is 10.9. The molecule has 6 nitrogen and oxygen atoms in total. The van der Waals surface area contributed by atoms with E-state index >= 15 is 0 Å². The molecule has 0 radical (unpaired) electrons. The molecule has 1 aromatic rings. The summed E-state index contributed by atoms with van der Waals surface area (Å²) < 4.78 is 0. The molecule has 180 valence electrons.